The molecule has 1 aliphatic heterocycles. The minimum absolute atomic E-state index is 0.103. The minimum Gasteiger partial charge on any atom is -0.496 e. The van der Waals surface area contributed by atoms with E-state index in [0.717, 1.165) is 22.6 Å². The smallest absolute Gasteiger partial charge is 0.189 e. The summed E-state index contributed by atoms with van der Waals surface area (Å²) in [6, 6.07) is 3.81. The van der Waals surface area contributed by atoms with Crippen LogP contribution in [0.5, 0.6) is 11.5 Å². The Hall–Kier alpha value is -1.26. The van der Waals surface area contributed by atoms with Gasteiger partial charge in [0, 0.05) is 17.7 Å². The second-order valence-electron chi connectivity index (χ2n) is 3.36. The lowest BCUT2D eigenvalue weighted by Gasteiger charge is -2.20. The van der Waals surface area contributed by atoms with Crippen molar-refractivity contribution in [2.45, 2.75) is 13.0 Å². The predicted molar refractivity (Wildman–Crippen MR) is 54.1 cm³/mol. The van der Waals surface area contributed by atoms with Gasteiger partial charge >= 0.3 is 0 Å². The molecule has 1 aliphatic rings. The van der Waals surface area contributed by atoms with E-state index in [9.17, 15) is 0 Å². The normalized spacial score (nSPS) is 14.3. The highest BCUT2D eigenvalue weighted by atomic mass is 16.7. The third-order valence-corrected chi connectivity index (χ3v) is 2.40. The van der Waals surface area contributed by atoms with Crippen LogP contribution >= 0.6 is 0 Å². The van der Waals surface area contributed by atoms with Gasteiger partial charge in [0.2, 0.25) is 0 Å². The van der Waals surface area contributed by atoms with Gasteiger partial charge in [-0.1, -0.05) is 0 Å². The van der Waals surface area contributed by atoms with Crippen LogP contribution in [0.1, 0.15) is 11.1 Å². The Morgan fingerprint density at radius 1 is 1.47 bits per heavy atom. The Bertz CT molecular complexity index is 349. The van der Waals surface area contributed by atoms with E-state index in [1.165, 1.54) is 0 Å². The number of rotatable bonds is 3. The number of hydrogen-bond acceptors (Lipinski definition) is 4. The van der Waals surface area contributed by atoms with Crippen molar-refractivity contribution < 1.29 is 19.3 Å². The Morgan fingerprint density at radius 3 is 3.07 bits per heavy atom. The average molecular weight is 210 g/mol. The van der Waals surface area contributed by atoms with E-state index in [1.54, 1.807) is 7.11 Å². The number of aliphatic hydroxyl groups is 1. The summed E-state index contributed by atoms with van der Waals surface area (Å²) >= 11 is 0. The molecule has 82 valence electrons. The standard InChI is InChI=1S/C11H14O4/c1-13-10-5-9-6-14-7-15-11(9)4-8(10)2-3-12/h4-5,12H,2-3,6-7H2,1H3. The molecule has 4 heteroatoms. The molecule has 0 saturated heterocycles. The zero-order valence-corrected chi connectivity index (χ0v) is 8.66. The second kappa shape index (κ2) is 4.51. The Morgan fingerprint density at radius 2 is 2.33 bits per heavy atom. The molecular weight excluding hydrogens is 196 g/mol. The Balaban J connectivity index is 2.37. The first-order chi connectivity index (χ1) is 7.35. The van der Waals surface area contributed by atoms with Gasteiger partial charge in [-0.05, 0) is 18.6 Å². The van der Waals surface area contributed by atoms with Gasteiger partial charge in [0.05, 0.1) is 13.7 Å². The van der Waals surface area contributed by atoms with E-state index < -0.39 is 0 Å². The van der Waals surface area contributed by atoms with E-state index in [1.807, 2.05) is 12.1 Å². The maximum Gasteiger partial charge on any atom is 0.189 e. The van der Waals surface area contributed by atoms with E-state index in [2.05, 4.69) is 0 Å². The summed E-state index contributed by atoms with van der Waals surface area (Å²) in [6.07, 6.45) is 0.570. The fourth-order valence-corrected chi connectivity index (χ4v) is 1.65. The van der Waals surface area contributed by atoms with E-state index in [0.29, 0.717) is 13.0 Å². The van der Waals surface area contributed by atoms with Gasteiger partial charge < -0.3 is 19.3 Å². The summed E-state index contributed by atoms with van der Waals surface area (Å²) in [4.78, 5) is 0. The summed E-state index contributed by atoms with van der Waals surface area (Å²) in [5.74, 6) is 1.60. The van der Waals surface area contributed by atoms with Crippen LogP contribution in [0.25, 0.3) is 0 Å². The number of benzene rings is 1. The minimum atomic E-state index is 0.103. The number of hydrogen-bond donors (Lipinski definition) is 1. The lowest BCUT2D eigenvalue weighted by Crippen LogP contribution is -2.12. The third kappa shape index (κ3) is 2.06. The van der Waals surface area contributed by atoms with Crippen LogP contribution in [0.15, 0.2) is 12.1 Å². The fourth-order valence-electron chi connectivity index (χ4n) is 1.65. The predicted octanol–water partition coefficient (Wildman–Crippen LogP) is 1.10. The quantitative estimate of drug-likeness (QED) is 0.811. The maximum atomic E-state index is 8.92. The highest BCUT2D eigenvalue weighted by molar-refractivity contribution is 5.46. The fraction of sp³-hybridized carbons (Fsp3) is 0.455. The zero-order chi connectivity index (χ0) is 10.7. The summed E-state index contributed by atoms with van der Waals surface area (Å²) < 4.78 is 15.8. The zero-order valence-electron chi connectivity index (χ0n) is 8.66. The summed E-state index contributed by atoms with van der Waals surface area (Å²) in [5, 5.41) is 8.92. The largest absolute Gasteiger partial charge is 0.496 e. The van der Waals surface area contributed by atoms with Crippen molar-refractivity contribution in [3.8, 4) is 11.5 Å². The monoisotopic (exact) mass is 210 g/mol. The molecule has 1 N–H and O–H groups in total. The number of ether oxygens (including phenoxy) is 3. The number of fused-ring (bicyclic) bond motifs is 1. The SMILES string of the molecule is COc1cc2c(cc1CCO)OCOC2. The second-order valence-corrected chi connectivity index (χ2v) is 3.36. The van der Waals surface area contributed by atoms with Gasteiger partial charge in [-0.3, -0.25) is 0 Å². The molecule has 0 amide bonds. The molecule has 0 bridgehead atoms. The van der Waals surface area contributed by atoms with Gasteiger partial charge in [0.25, 0.3) is 0 Å². The molecule has 0 radical (unpaired) electrons. The molecule has 0 fully saturated rings. The average Bonchev–Trinajstić information content (AvgIpc) is 2.28. The van der Waals surface area contributed by atoms with Gasteiger partial charge in [-0.25, -0.2) is 0 Å². The maximum absolute atomic E-state index is 8.92. The molecule has 0 atom stereocenters. The number of methoxy groups -OCH3 is 1. The van der Waals surface area contributed by atoms with Crippen LogP contribution in [0, 0.1) is 0 Å². The van der Waals surface area contributed by atoms with E-state index >= 15 is 0 Å². The van der Waals surface area contributed by atoms with Crippen molar-refractivity contribution in [2.75, 3.05) is 20.5 Å². The summed E-state index contributed by atoms with van der Waals surface area (Å²) in [5.41, 5.74) is 1.94. The summed E-state index contributed by atoms with van der Waals surface area (Å²) in [6.45, 7) is 0.939. The molecule has 1 heterocycles. The molecule has 4 nitrogen and oxygen atoms in total. The molecule has 0 unspecified atom stereocenters. The molecule has 1 aromatic carbocycles. The topological polar surface area (TPSA) is 47.9 Å². The van der Waals surface area contributed by atoms with Crippen LogP contribution in [0.3, 0.4) is 0 Å². The highest BCUT2D eigenvalue weighted by Gasteiger charge is 2.14. The van der Waals surface area contributed by atoms with Crippen LogP contribution in [0.4, 0.5) is 0 Å². The van der Waals surface area contributed by atoms with Gasteiger partial charge in [0.15, 0.2) is 6.79 Å². The highest BCUT2D eigenvalue weighted by Crippen LogP contribution is 2.31. The van der Waals surface area contributed by atoms with E-state index in [-0.39, 0.29) is 13.4 Å². The van der Waals surface area contributed by atoms with Crippen LogP contribution in [0.2, 0.25) is 0 Å². The molecule has 15 heavy (non-hydrogen) atoms. The molecule has 0 aliphatic carbocycles. The van der Waals surface area contributed by atoms with Gasteiger partial charge in [-0.15, -0.1) is 0 Å². The Kier molecular flexibility index (Phi) is 3.08. The molecule has 2 rings (SSSR count). The van der Waals surface area contributed by atoms with Crippen molar-refractivity contribution in [1.82, 2.24) is 0 Å². The van der Waals surface area contributed by atoms with Gasteiger partial charge in [0.1, 0.15) is 11.5 Å². The first kappa shape index (κ1) is 10.3. The van der Waals surface area contributed by atoms with E-state index in [4.69, 9.17) is 19.3 Å². The summed E-state index contributed by atoms with van der Waals surface area (Å²) in [7, 11) is 1.62. The first-order valence-corrected chi connectivity index (χ1v) is 4.86. The third-order valence-electron chi connectivity index (χ3n) is 2.40. The molecule has 0 saturated carbocycles. The van der Waals surface area contributed by atoms with Crippen molar-refractivity contribution >= 4 is 0 Å². The van der Waals surface area contributed by atoms with Crippen LogP contribution in [-0.4, -0.2) is 25.6 Å². The number of aliphatic hydroxyl groups excluding tert-OH is 1. The lowest BCUT2D eigenvalue weighted by atomic mass is 10.1. The van der Waals surface area contributed by atoms with Crippen molar-refractivity contribution in [1.29, 1.82) is 0 Å². The molecule has 0 aromatic heterocycles. The van der Waals surface area contributed by atoms with Crippen molar-refractivity contribution in [3.63, 3.8) is 0 Å². The molecular formula is C11H14O4. The first-order valence-electron chi connectivity index (χ1n) is 4.86. The van der Waals surface area contributed by atoms with Crippen molar-refractivity contribution in [3.05, 3.63) is 23.3 Å². The van der Waals surface area contributed by atoms with Crippen LogP contribution < -0.4 is 9.47 Å². The van der Waals surface area contributed by atoms with Crippen LogP contribution in [-0.2, 0) is 17.8 Å². The Labute approximate surface area is 88.4 Å². The van der Waals surface area contributed by atoms with Gasteiger partial charge in [-0.2, -0.15) is 0 Å². The van der Waals surface area contributed by atoms with Crippen molar-refractivity contribution in [2.24, 2.45) is 0 Å². The lowest BCUT2D eigenvalue weighted by molar-refractivity contribution is -0.0165. The molecule has 1 aromatic rings. The molecule has 0 spiro atoms.